The van der Waals surface area contributed by atoms with E-state index in [4.69, 9.17) is 18.0 Å². The normalized spacial score (nSPS) is 12.6. The molecule has 1 aliphatic carbocycles. The molecule has 0 radical (unpaired) electrons. The van der Waals surface area contributed by atoms with Gasteiger partial charge in [-0.15, -0.1) is 0 Å². The maximum atomic E-state index is 6.24. The highest BCUT2D eigenvalue weighted by atomic mass is 28.4. The highest BCUT2D eigenvalue weighted by Gasteiger charge is 2.37. The van der Waals surface area contributed by atoms with E-state index < -0.39 is 8.80 Å². The Morgan fingerprint density at radius 1 is 0.647 bits per heavy atom. The molecule has 34 heavy (non-hydrogen) atoms. The van der Waals surface area contributed by atoms with Crippen LogP contribution < -0.4 is 4.74 Å². The zero-order chi connectivity index (χ0) is 23.5. The second kappa shape index (κ2) is 9.72. The van der Waals surface area contributed by atoms with Gasteiger partial charge in [0.1, 0.15) is 5.75 Å². The molecule has 1 aliphatic rings. The van der Waals surface area contributed by atoms with Crippen LogP contribution in [0.4, 0.5) is 0 Å². The van der Waals surface area contributed by atoms with E-state index in [-0.39, 0.29) is 0 Å². The van der Waals surface area contributed by atoms with Crippen molar-refractivity contribution >= 4 is 19.6 Å². The van der Waals surface area contributed by atoms with Crippen LogP contribution in [0.2, 0.25) is 6.04 Å². The van der Waals surface area contributed by atoms with Gasteiger partial charge in [-0.05, 0) is 57.7 Å². The first-order valence-corrected chi connectivity index (χ1v) is 13.6. The van der Waals surface area contributed by atoms with Crippen molar-refractivity contribution in [1.82, 2.24) is 0 Å². The molecule has 4 nitrogen and oxygen atoms in total. The average Bonchev–Trinajstić information content (AvgIpc) is 3.28. The van der Waals surface area contributed by atoms with E-state index in [1.54, 1.807) is 21.3 Å². The van der Waals surface area contributed by atoms with Crippen LogP contribution in [0.15, 0.2) is 78.9 Å². The highest BCUT2D eigenvalue weighted by molar-refractivity contribution is 6.60. The molecule has 0 atom stereocenters. The van der Waals surface area contributed by atoms with Gasteiger partial charge in [-0.25, -0.2) is 0 Å². The van der Waals surface area contributed by atoms with Crippen molar-refractivity contribution < 1.29 is 18.0 Å². The van der Waals surface area contributed by atoms with Crippen molar-refractivity contribution in [1.29, 1.82) is 0 Å². The summed E-state index contributed by atoms with van der Waals surface area (Å²) in [4.78, 5) is 0. The summed E-state index contributed by atoms with van der Waals surface area (Å²) in [5, 5.41) is 2.33. The minimum absolute atomic E-state index is 0.574. The van der Waals surface area contributed by atoms with E-state index in [0.717, 1.165) is 24.0 Å². The molecule has 5 rings (SSSR count). The predicted molar refractivity (Wildman–Crippen MR) is 139 cm³/mol. The summed E-state index contributed by atoms with van der Waals surface area (Å²) in [5.41, 5.74) is 8.05. The zero-order valence-electron chi connectivity index (χ0n) is 20.0. The van der Waals surface area contributed by atoms with Crippen LogP contribution in [0.1, 0.15) is 17.5 Å². The summed E-state index contributed by atoms with van der Waals surface area (Å²) < 4.78 is 22.8. The number of fused-ring (bicyclic) bond motifs is 4. The van der Waals surface area contributed by atoms with Crippen LogP contribution in [-0.2, 0) is 19.7 Å². The van der Waals surface area contributed by atoms with Gasteiger partial charge in [0.25, 0.3) is 0 Å². The number of benzene rings is 4. The molecule has 0 aliphatic heterocycles. The average molecular weight is 471 g/mol. The van der Waals surface area contributed by atoms with E-state index in [1.807, 2.05) is 6.07 Å². The number of hydrogen-bond donors (Lipinski definition) is 0. The van der Waals surface area contributed by atoms with Gasteiger partial charge in [-0.2, -0.15) is 0 Å². The van der Waals surface area contributed by atoms with Gasteiger partial charge in [0, 0.05) is 32.8 Å². The summed E-state index contributed by atoms with van der Waals surface area (Å²) in [6, 6.07) is 28.9. The first kappa shape index (κ1) is 22.8. The number of hydrogen-bond acceptors (Lipinski definition) is 4. The topological polar surface area (TPSA) is 36.9 Å². The minimum atomic E-state index is -2.58. The summed E-state index contributed by atoms with van der Waals surface area (Å²) in [5.74, 6) is 0.898. The van der Waals surface area contributed by atoms with Crippen molar-refractivity contribution in [2.45, 2.75) is 18.9 Å². The van der Waals surface area contributed by atoms with E-state index in [2.05, 4.69) is 72.8 Å². The van der Waals surface area contributed by atoms with E-state index in [1.165, 1.54) is 38.8 Å². The highest BCUT2D eigenvalue weighted by Crippen LogP contribution is 2.43. The molecule has 0 N–H and O–H groups in total. The fourth-order valence-electron chi connectivity index (χ4n) is 5.08. The minimum Gasteiger partial charge on any atom is -0.493 e. The lowest BCUT2D eigenvalue weighted by Crippen LogP contribution is -2.42. The molecule has 0 saturated carbocycles. The molecule has 174 valence electrons. The Morgan fingerprint density at radius 3 is 2.06 bits per heavy atom. The van der Waals surface area contributed by atoms with Gasteiger partial charge >= 0.3 is 8.80 Å². The van der Waals surface area contributed by atoms with Crippen molar-refractivity contribution in [3.8, 4) is 28.0 Å². The quantitative estimate of drug-likeness (QED) is 0.177. The van der Waals surface area contributed by atoms with Crippen molar-refractivity contribution in [3.63, 3.8) is 0 Å². The zero-order valence-corrected chi connectivity index (χ0v) is 21.0. The van der Waals surface area contributed by atoms with E-state index >= 15 is 0 Å². The molecule has 0 bridgehead atoms. The largest absolute Gasteiger partial charge is 0.500 e. The van der Waals surface area contributed by atoms with Gasteiger partial charge in [-0.1, -0.05) is 72.8 Å². The smallest absolute Gasteiger partial charge is 0.493 e. The summed E-state index contributed by atoms with van der Waals surface area (Å²) in [6.45, 7) is 0.574. The van der Waals surface area contributed by atoms with Crippen LogP contribution in [0.25, 0.3) is 33.0 Å². The predicted octanol–water partition coefficient (Wildman–Crippen LogP) is 6.73. The molecule has 0 fully saturated rings. The molecule has 0 heterocycles. The third-order valence-corrected chi connectivity index (χ3v) is 9.67. The standard InChI is InChI=1S/C29H30O4Si/c1-30-34(31-2,32-3)19-9-18-33-29-17-8-15-25-24(13-7-16-27(25)29)26-14-6-12-23-22-11-5-4-10-21(22)20-28(23)26/h4-8,10-17H,9,18-20H2,1-3H3. The molecular weight excluding hydrogens is 440 g/mol. The first-order valence-electron chi connectivity index (χ1n) is 11.7. The lowest BCUT2D eigenvalue weighted by atomic mass is 9.92. The molecule has 0 amide bonds. The maximum absolute atomic E-state index is 6.24. The van der Waals surface area contributed by atoms with E-state index in [0.29, 0.717) is 12.7 Å². The lowest BCUT2D eigenvalue weighted by molar-refractivity contribution is 0.121. The van der Waals surface area contributed by atoms with Crippen LogP contribution in [0.5, 0.6) is 5.75 Å². The number of ether oxygens (including phenoxy) is 1. The van der Waals surface area contributed by atoms with Gasteiger partial charge in [0.05, 0.1) is 6.61 Å². The lowest BCUT2D eigenvalue weighted by Gasteiger charge is -2.24. The molecular formula is C29H30O4Si. The third-order valence-electron chi connectivity index (χ3n) is 6.84. The van der Waals surface area contributed by atoms with E-state index in [9.17, 15) is 0 Å². The Kier molecular flexibility index (Phi) is 6.52. The Morgan fingerprint density at radius 2 is 1.26 bits per heavy atom. The van der Waals surface area contributed by atoms with Crippen molar-refractivity contribution in [2.75, 3.05) is 27.9 Å². The van der Waals surface area contributed by atoms with Crippen LogP contribution >= 0.6 is 0 Å². The molecule has 0 spiro atoms. The van der Waals surface area contributed by atoms with Crippen LogP contribution in [-0.4, -0.2) is 36.7 Å². The molecule has 0 aromatic heterocycles. The molecule has 4 aromatic rings. The summed E-state index contributed by atoms with van der Waals surface area (Å²) >= 11 is 0. The SMILES string of the molecule is CO[Si](CCCOc1cccc2c(-c3cccc4c3Cc3ccccc3-4)cccc12)(OC)OC. The fourth-order valence-corrected chi connectivity index (χ4v) is 6.77. The van der Waals surface area contributed by atoms with Gasteiger partial charge in [0.15, 0.2) is 0 Å². The van der Waals surface area contributed by atoms with Crippen LogP contribution in [0, 0.1) is 0 Å². The second-order valence-electron chi connectivity index (χ2n) is 8.57. The van der Waals surface area contributed by atoms with Crippen molar-refractivity contribution in [2.24, 2.45) is 0 Å². The molecule has 0 unspecified atom stereocenters. The Labute approximate surface area is 202 Å². The molecule has 0 saturated heterocycles. The monoisotopic (exact) mass is 470 g/mol. The fraction of sp³-hybridized carbons (Fsp3) is 0.241. The van der Waals surface area contributed by atoms with Crippen molar-refractivity contribution in [3.05, 3.63) is 90.0 Å². The van der Waals surface area contributed by atoms with Gasteiger partial charge < -0.3 is 18.0 Å². The second-order valence-corrected chi connectivity index (χ2v) is 11.7. The maximum Gasteiger partial charge on any atom is 0.500 e. The van der Waals surface area contributed by atoms with Gasteiger partial charge in [0.2, 0.25) is 0 Å². The summed E-state index contributed by atoms with van der Waals surface area (Å²) in [6.07, 6.45) is 1.76. The Bertz CT molecular complexity index is 1300. The Balaban J connectivity index is 1.44. The van der Waals surface area contributed by atoms with Gasteiger partial charge in [-0.3, -0.25) is 0 Å². The van der Waals surface area contributed by atoms with Crippen LogP contribution in [0.3, 0.4) is 0 Å². The summed E-state index contributed by atoms with van der Waals surface area (Å²) in [7, 11) is 2.35. The first-order chi connectivity index (χ1) is 16.7. The molecule has 5 heteroatoms. The third kappa shape index (κ3) is 4.05. The molecule has 4 aromatic carbocycles. The Hall–Kier alpha value is -2.96. The number of rotatable bonds is 9.